The highest BCUT2D eigenvalue weighted by molar-refractivity contribution is 7.80. The van der Waals surface area contributed by atoms with Crippen LogP contribution in [0.1, 0.15) is 5.56 Å². The number of rotatable bonds is 3. The summed E-state index contributed by atoms with van der Waals surface area (Å²) in [5, 5.41) is 0. The Hall–Kier alpha value is -1.09. The lowest BCUT2D eigenvalue weighted by Gasteiger charge is -2.18. The van der Waals surface area contributed by atoms with E-state index in [1.807, 2.05) is 11.9 Å². The van der Waals surface area contributed by atoms with Crippen molar-refractivity contribution in [1.29, 1.82) is 0 Å². The second-order valence-electron chi connectivity index (χ2n) is 3.16. The van der Waals surface area contributed by atoms with Gasteiger partial charge in [0.25, 0.3) is 0 Å². The van der Waals surface area contributed by atoms with Gasteiger partial charge in [0, 0.05) is 12.7 Å². The average molecular weight is 194 g/mol. The molecule has 0 heterocycles. The van der Waals surface area contributed by atoms with E-state index in [9.17, 15) is 0 Å². The highest BCUT2D eigenvalue weighted by Gasteiger charge is 2.00. The maximum absolute atomic E-state index is 5.45. The van der Waals surface area contributed by atoms with Crippen LogP contribution in [0, 0.1) is 6.92 Å². The lowest BCUT2D eigenvalue weighted by atomic mass is 10.2. The van der Waals surface area contributed by atoms with Crippen molar-refractivity contribution in [2.24, 2.45) is 5.73 Å². The van der Waals surface area contributed by atoms with Crippen LogP contribution in [0.4, 0.5) is 5.69 Å². The molecule has 1 rings (SSSR count). The van der Waals surface area contributed by atoms with Crippen LogP contribution >= 0.6 is 12.2 Å². The standard InChI is InChI=1S/C10H14N2S/c1-8-3-5-9(6-4-8)12(2)7-10(11)13/h3-6H,7H2,1-2H3,(H2,11,13). The van der Waals surface area contributed by atoms with E-state index in [1.54, 1.807) is 0 Å². The van der Waals surface area contributed by atoms with Crippen LogP contribution in [-0.2, 0) is 0 Å². The first-order valence-corrected chi connectivity index (χ1v) is 4.56. The molecule has 0 aliphatic carbocycles. The molecule has 0 radical (unpaired) electrons. The largest absolute Gasteiger partial charge is 0.392 e. The molecule has 0 atom stereocenters. The lowest BCUT2D eigenvalue weighted by molar-refractivity contribution is 1.06. The van der Waals surface area contributed by atoms with Gasteiger partial charge in [-0.05, 0) is 19.1 Å². The lowest BCUT2D eigenvalue weighted by Crippen LogP contribution is -2.29. The fourth-order valence-corrected chi connectivity index (χ4v) is 1.32. The fraction of sp³-hybridized carbons (Fsp3) is 0.300. The average Bonchev–Trinajstić information content (AvgIpc) is 2.04. The predicted molar refractivity (Wildman–Crippen MR) is 61.2 cm³/mol. The van der Waals surface area contributed by atoms with Crippen molar-refractivity contribution in [3.05, 3.63) is 29.8 Å². The Kier molecular flexibility index (Phi) is 3.25. The Balaban J connectivity index is 2.71. The number of hydrogen-bond donors (Lipinski definition) is 1. The maximum atomic E-state index is 5.45. The van der Waals surface area contributed by atoms with Gasteiger partial charge >= 0.3 is 0 Å². The van der Waals surface area contributed by atoms with E-state index in [1.165, 1.54) is 5.56 Å². The van der Waals surface area contributed by atoms with Crippen molar-refractivity contribution < 1.29 is 0 Å². The van der Waals surface area contributed by atoms with Gasteiger partial charge in [-0.15, -0.1) is 0 Å². The maximum Gasteiger partial charge on any atom is 0.0923 e. The number of likely N-dealkylation sites (N-methyl/N-ethyl adjacent to an activating group) is 1. The third-order valence-corrected chi connectivity index (χ3v) is 2.00. The van der Waals surface area contributed by atoms with Gasteiger partial charge in [0.2, 0.25) is 0 Å². The number of hydrogen-bond acceptors (Lipinski definition) is 2. The van der Waals surface area contributed by atoms with Gasteiger partial charge in [-0.25, -0.2) is 0 Å². The molecule has 0 fully saturated rings. The van der Waals surface area contributed by atoms with Crippen LogP contribution in [0.15, 0.2) is 24.3 Å². The molecule has 0 spiro atoms. The first-order chi connectivity index (χ1) is 6.09. The van der Waals surface area contributed by atoms with E-state index in [4.69, 9.17) is 18.0 Å². The summed E-state index contributed by atoms with van der Waals surface area (Å²) in [7, 11) is 1.98. The fourth-order valence-electron chi connectivity index (χ4n) is 1.12. The summed E-state index contributed by atoms with van der Waals surface area (Å²) < 4.78 is 0. The number of anilines is 1. The van der Waals surface area contributed by atoms with Crippen molar-refractivity contribution in [1.82, 2.24) is 0 Å². The highest BCUT2D eigenvalue weighted by Crippen LogP contribution is 2.12. The van der Waals surface area contributed by atoms with Gasteiger partial charge in [-0.2, -0.15) is 0 Å². The molecule has 2 nitrogen and oxygen atoms in total. The third kappa shape index (κ3) is 3.03. The van der Waals surface area contributed by atoms with Gasteiger partial charge in [-0.3, -0.25) is 0 Å². The predicted octanol–water partition coefficient (Wildman–Crippen LogP) is 1.72. The smallest absolute Gasteiger partial charge is 0.0923 e. The minimum Gasteiger partial charge on any atom is -0.392 e. The van der Waals surface area contributed by atoms with Gasteiger partial charge in [0.05, 0.1) is 11.5 Å². The summed E-state index contributed by atoms with van der Waals surface area (Å²) in [5.74, 6) is 0. The quantitative estimate of drug-likeness (QED) is 0.743. The first kappa shape index (κ1) is 9.99. The van der Waals surface area contributed by atoms with E-state index in [0.29, 0.717) is 11.5 Å². The van der Waals surface area contributed by atoms with Crippen LogP contribution in [0.2, 0.25) is 0 Å². The van der Waals surface area contributed by atoms with Gasteiger partial charge in [0.15, 0.2) is 0 Å². The Bertz CT molecular complexity index is 292. The number of benzene rings is 1. The summed E-state index contributed by atoms with van der Waals surface area (Å²) in [6.45, 7) is 2.69. The first-order valence-electron chi connectivity index (χ1n) is 4.15. The summed E-state index contributed by atoms with van der Waals surface area (Å²) in [6, 6.07) is 8.28. The zero-order valence-corrected chi connectivity index (χ0v) is 8.77. The molecule has 13 heavy (non-hydrogen) atoms. The summed E-state index contributed by atoms with van der Waals surface area (Å²) >= 11 is 4.83. The number of nitrogens with two attached hydrogens (primary N) is 1. The van der Waals surface area contributed by atoms with E-state index < -0.39 is 0 Å². The SMILES string of the molecule is Cc1ccc(N(C)CC(N)=S)cc1. The number of thiocarbonyl (C=S) groups is 1. The molecule has 0 aliphatic heterocycles. The Morgan fingerprint density at radius 2 is 1.92 bits per heavy atom. The topological polar surface area (TPSA) is 29.3 Å². The molecule has 0 aromatic heterocycles. The van der Waals surface area contributed by atoms with Crippen molar-refractivity contribution in [3.63, 3.8) is 0 Å². The van der Waals surface area contributed by atoms with Crippen LogP contribution in [0.25, 0.3) is 0 Å². The molecule has 0 unspecified atom stereocenters. The number of aryl methyl sites for hydroxylation is 1. The molecule has 1 aromatic carbocycles. The van der Waals surface area contributed by atoms with Crippen LogP contribution in [0.5, 0.6) is 0 Å². The van der Waals surface area contributed by atoms with Gasteiger partial charge in [-0.1, -0.05) is 29.9 Å². The van der Waals surface area contributed by atoms with Gasteiger partial charge < -0.3 is 10.6 Å². The molecule has 3 heteroatoms. The Labute approximate surface area is 84.3 Å². The van der Waals surface area contributed by atoms with E-state index in [-0.39, 0.29) is 0 Å². The van der Waals surface area contributed by atoms with Crippen molar-refractivity contribution >= 4 is 22.9 Å². The zero-order chi connectivity index (χ0) is 9.84. The second kappa shape index (κ2) is 4.23. The van der Waals surface area contributed by atoms with Crippen LogP contribution < -0.4 is 10.6 Å². The minimum atomic E-state index is 0.517. The third-order valence-electron chi connectivity index (χ3n) is 1.87. The van der Waals surface area contributed by atoms with E-state index in [2.05, 4.69) is 31.2 Å². The molecule has 0 amide bonds. The Morgan fingerprint density at radius 1 is 1.38 bits per heavy atom. The minimum absolute atomic E-state index is 0.517. The van der Waals surface area contributed by atoms with Crippen molar-refractivity contribution in [2.45, 2.75) is 6.92 Å². The molecular weight excluding hydrogens is 180 g/mol. The van der Waals surface area contributed by atoms with Gasteiger partial charge in [0.1, 0.15) is 0 Å². The molecule has 0 saturated heterocycles. The molecular formula is C10H14N2S. The number of nitrogens with zero attached hydrogens (tertiary/aromatic N) is 1. The second-order valence-corrected chi connectivity index (χ2v) is 3.68. The molecule has 2 N–H and O–H groups in total. The molecule has 70 valence electrons. The van der Waals surface area contributed by atoms with Crippen molar-refractivity contribution in [3.8, 4) is 0 Å². The molecule has 0 aliphatic rings. The van der Waals surface area contributed by atoms with Crippen LogP contribution in [-0.4, -0.2) is 18.6 Å². The normalized spacial score (nSPS) is 9.69. The molecule has 1 aromatic rings. The summed E-state index contributed by atoms with van der Waals surface area (Å²) in [6.07, 6.45) is 0. The molecule has 0 saturated carbocycles. The highest BCUT2D eigenvalue weighted by atomic mass is 32.1. The van der Waals surface area contributed by atoms with Crippen molar-refractivity contribution in [2.75, 3.05) is 18.5 Å². The summed E-state index contributed by atoms with van der Waals surface area (Å²) in [4.78, 5) is 2.55. The monoisotopic (exact) mass is 194 g/mol. The summed E-state index contributed by atoms with van der Waals surface area (Å²) in [5.41, 5.74) is 7.84. The van der Waals surface area contributed by atoms with Crippen LogP contribution in [0.3, 0.4) is 0 Å². The Morgan fingerprint density at radius 3 is 2.38 bits per heavy atom. The molecule has 0 bridgehead atoms. The zero-order valence-electron chi connectivity index (χ0n) is 7.95. The van der Waals surface area contributed by atoms with E-state index in [0.717, 1.165) is 5.69 Å². The van der Waals surface area contributed by atoms with E-state index >= 15 is 0 Å².